The molecule has 3 aromatic carbocycles. The van der Waals surface area contributed by atoms with E-state index in [1.807, 2.05) is 48.5 Å². The van der Waals surface area contributed by atoms with Gasteiger partial charge in [0.25, 0.3) is 0 Å². The van der Waals surface area contributed by atoms with Crippen molar-refractivity contribution < 1.29 is 17.9 Å². The van der Waals surface area contributed by atoms with Crippen LogP contribution in [-0.4, -0.2) is 19.7 Å². The molecular weight excluding hydrogens is 459 g/mol. The maximum absolute atomic E-state index is 13.7. The zero-order chi connectivity index (χ0) is 25.4. The molecule has 1 fully saturated rings. The number of rotatable bonds is 10. The minimum absolute atomic E-state index is 0.120. The lowest BCUT2D eigenvalue weighted by molar-refractivity contribution is -0.137. The van der Waals surface area contributed by atoms with Crippen molar-refractivity contribution in [2.75, 3.05) is 19.7 Å². The summed E-state index contributed by atoms with van der Waals surface area (Å²) in [5, 5.41) is 3.40. The highest BCUT2D eigenvalue weighted by atomic mass is 19.4. The largest absolute Gasteiger partial charge is 0.416 e. The minimum Gasteiger partial charge on any atom is -0.376 e. The molecule has 0 bridgehead atoms. The van der Waals surface area contributed by atoms with Gasteiger partial charge in [0.2, 0.25) is 0 Å². The Hall–Kier alpha value is -2.63. The minimum atomic E-state index is -4.41. The molecule has 4 rings (SSSR count). The molecule has 0 aliphatic carbocycles. The van der Waals surface area contributed by atoms with Crippen molar-refractivity contribution in [1.82, 2.24) is 5.32 Å². The van der Waals surface area contributed by atoms with Gasteiger partial charge in [-0.25, -0.2) is 0 Å². The van der Waals surface area contributed by atoms with E-state index in [0.29, 0.717) is 17.7 Å². The fourth-order valence-corrected chi connectivity index (χ4v) is 5.13. The van der Waals surface area contributed by atoms with E-state index in [4.69, 9.17) is 4.74 Å². The quantitative estimate of drug-likeness (QED) is 0.288. The molecule has 0 aromatic heterocycles. The Morgan fingerprint density at radius 2 is 1.56 bits per heavy atom. The average molecular weight is 496 g/mol. The van der Waals surface area contributed by atoms with Crippen molar-refractivity contribution in [3.63, 3.8) is 0 Å². The molecule has 1 saturated heterocycles. The van der Waals surface area contributed by atoms with Gasteiger partial charge in [0.1, 0.15) is 0 Å². The lowest BCUT2D eigenvalue weighted by atomic mass is 9.74. The monoisotopic (exact) mass is 495 g/mol. The number of aryl methyl sites for hydroxylation is 1. The molecular formula is C31H36F3NO. The van der Waals surface area contributed by atoms with Crippen molar-refractivity contribution in [2.45, 2.75) is 63.6 Å². The van der Waals surface area contributed by atoms with Crippen LogP contribution in [0.3, 0.4) is 0 Å². The van der Waals surface area contributed by atoms with Crippen molar-refractivity contribution in [2.24, 2.45) is 0 Å². The summed E-state index contributed by atoms with van der Waals surface area (Å²) in [4.78, 5) is 0. The van der Waals surface area contributed by atoms with Gasteiger partial charge in [-0.2, -0.15) is 13.2 Å². The van der Waals surface area contributed by atoms with Crippen LogP contribution in [0.2, 0.25) is 0 Å². The van der Waals surface area contributed by atoms with E-state index in [9.17, 15) is 13.2 Å². The van der Waals surface area contributed by atoms with Crippen LogP contribution in [0, 0.1) is 0 Å². The number of piperidine rings is 1. The van der Waals surface area contributed by atoms with Crippen LogP contribution >= 0.6 is 0 Å². The predicted molar refractivity (Wildman–Crippen MR) is 140 cm³/mol. The number of alkyl halides is 3. The van der Waals surface area contributed by atoms with E-state index in [2.05, 4.69) is 24.4 Å². The van der Waals surface area contributed by atoms with Crippen LogP contribution in [0.15, 0.2) is 72.8 Å². The molecule has 0 amide bonds. The van der Waals surface area contributed by atoms with Crippen LogP contribution in [0.1, 0.15) is 61.3 Å². The summed E-state index contributed by atoms with van der Waals surface area (Å²) in [6.45, 7) is 4.61. The van der Waals surface area contributed by atoms with Crippen LogP contribution in [0.25, 0.3) is 11.1 Å². The maximum Gasteiger partial charge on any atom is 0.416 e. The highest BCUT2D eigenvalue weighted by molar-refractivity contribution is 5.65. The van der Waals surface area contributed by atoms with Gasteiger partial charge in [0.15, 0.2) is 0 Å². The third-order valence-corrected chi connectivity index (χ3v) is 7.27. The molecule has 1 heterocycles. The normalized spacial score (nSPS) is 15.7. The van der Waals surface area contributed by atoms with E-state index in [1.54, 1.807) is 0 Å². The van der Waals surface area contributed by atoms with Crippen LogP contribution < -0.4 is 5.32 Å². The molecule has 3 aromatic rings. The molecule has 0 atom stereocenters. The second kappa shape index (κ2) is 12.1. The first-order valence-electron chi connectivity index (χ1n) is 13.0. The van der Waals surface area contributed by atoms with Gasteiger partial charge in [-0.1, -0.05) is 74.4 Å². The molecule has 0 unspecified atom stereocenters. The summed E-state index contributed by atoms with van der Waals surface area (Å²) >= 11 is 0. The number of hydrogen-bond acceptors (Lipinski definition) is 2. The summed E-state index contributed by atoms with van der Waals surface area (Å²) in [6.07, 6.45) is 1.93. The summed E-state index contributed by atoms with van der Waals surface area (Å²) in [7, 11) is 0. The Labute approximate surface area is 212 Å². The molecule has 36 heavy (non-hydrogen) atoms. The maximum atomic E-state index is 13.7. The first-order chi connectivity index (χ1) is 17.4. The molecule has 0 spiro atoms. The topological polar surface area (TPSA) is 21.3 Å². The van der Waals surface area contributed by atoms with Gasteiger partial charge in [-0.05, 0) is 84.8 Å². The standard InChI is InChI=1S/C31H36F3NO/c1-2-3-5-8-24-11-13-26(14-12-24)27-19-25(20-29(21-27)31(32,33)34)22-36-23-30(15-17-35-18-16-30)28-9-6-4-7-10-28/h4,6-7,9-14,19-21,35H,2-3,5,8,15-18,22-23H2,1H3. The van der Waals surface area contributed by atoms with E-state index in [-0.39, 0.29) is 12.0 Å². The van der Waals surface area contributed by atoms with Gasteiger partial charge in [-0.15, -0.1) is 0 Å². The third-order valence-electron chi connectivity index (χ3n) is 7.27. The fraction of sp³-hybridized carbons (Fsp3) is 0.419. The van der Waals surface area contributed by atoms with Crippen LogP contribution in [0.4, 0.5) is 13.2 Å². The lowest BCUT2D eigenvalue weighted by Gasteiger charge is -2.38. The summed E-state index contributed by atoms with van der Waals surface area (Å²) in [5.74, 6) is 0. The molecule has 192 valence electrons. The highest BCUT2D eigenvalue weighted by Gasteiger charge is 2.34. The zero-order valence-corrected chi connectivity index (χ0v) is 21.0. The Kier molecular flexibility index (Phi) is 8.86. The molecule has 0 saturated carbocycles. The summed E-state index contributed by atoms with van der Waals surface area (Å²) in [6, 6.07) is 22.5. The number of hydrogen-bond donors (Lipinski definition) is 1. The number of benzene rings is 3. The van der Waals surface area contributed by atoms with E-state index in [0.717, 1.165) is 50.8 Å². The van der Waals surface area contributed by atoms with Gasteiger partial charge >= 0.3 is 6.18 Å². The molecule has 2 nitrogen and oxygen atoms in total. The van der Waals surface area contributed by atoms with Gasteiger partial charge < -0.3 is 10.1 Å². The molecule has 1 N–H and O–H groups in total. The summed E-state index contributed by atoms with van der Waals surface area (Å²) in [5.41, 5.74) is 3.61. The number of ether oxygens (including phenoxy) is 1. The predicted octanol–water partition coefficient (Wildman–Crippen LogP) is 7.94. The lowest BCUT2D eigenvalue weighted by Crippen LogP contribution is -2.43. The van der Waals surface area contributed by atoms with Gasteiger partial charge in [0, 0.05) is 5.41 Å². The molecule has 0 radical (unpaired) electrons. The number of nitrogens with one attached hydrogen (secondary N) is 1. The van der Waals surface area contributed by atoms with Crippen molar-refractivity contribution in [3.05, 3.63) is 95.1 Å². The first kappa shape index (κ1) is 26.4. The van der Waals surface area contributed by atoms with E-state index >= 15 is 0 Å². The van der Waals surface area contributed by atoms with E-state index in [1.165, 1.54) is 29.7 Å². The summed E-state index contributed by atoms with van der Waals surface area (Å²) < 4.78 is 47.4. The van der Waals surface area contributed by atoms with Crippen LogP contribution in [0.5, 0.6) is 0 Å². The SMILES string of the molecule is CCCCCc1ccc(-c2cc(COCC3(c4ccccc4)CCNCC3)cc(C(F)(F)F)c2)cc1. The fourth-order valence-electron chi connectivity index (χ4n) is 5.13. The average Bonchev–Trinajstić information content (AvgIpc) is 2.90. The van der Waals surface area contributed by atoms with Crippen molar-refractivity contribution >= 4 is 0 Å². The Morgan fingerprint density at radius 3 is 2.22 bits per heavy atom. The second-order valence-corrected chi connectivity index (χ2v) is 9.96. The highest BCUT2D eigenvalue weighted by Crippen LogP contribution is 2.36. The van der Waals surface area contributed by atoms with Gasteiger partial charge in [0.05, 0.1) is 18.8 Å². The van der Waals surface area contributed by atoms with Crippen molar-refractivity contribution in [1.29, 1.82) is 0 Å². The molecule has 1 aliphatic heterocycles. The van der Waals surface area contributed by atoms with Crippen LogP contribution in [-0.2, 0) is 29.4 Å². The second-order valence-electron chi connectivity index (χ2n) is 9.96. The number of unbranched alkanes of at least 4 members (excludes halogenated alkanes) is 2. The van der Waals surface area contributed by atoms with Gasteiger partial charge in [-0.3, -0.25) is 0 Å². The smallest absolute Gasteiger partial charge is 0.376 e. The first-order valence-corrected chi connectivity index (χ1v) is 13.0. The molecule has 5 heteroatoms. The Bertz CT molecular complexity index is 1090. The third kappa shape index (κ3) is 6.77. The molecule has 1 aliphatic rings. The Balaban J connectivity index is 1.52. The zero-order valence-electron chi connectivity index (χ0n) is 21.0. The van der Waals surface area contributed by atoms with Crippen molar-refractivity contribution in [3.8, 4) is 11.1 Å². The number of halogens is 3. The Morgan fingerprint density at radius 1 is 0.833 bits per heavy atom. The van der Waals surface area contributed by atoms with E-state index < -0.39 is 11.7 Å².